The van der Waals surface area contributed by atoms with Crippen molar-refractivity contribution in [3.8, 4) is 5.75 Å². The number of nitrogens with zero attached hydrogens (tertiary/aromatic N) is 2. The molecule has 1 unspecified atom stereocenters. The number of aliphatic hydroxyl groups is 1. The predicted molar refractivity (Wildman–Crippen MR) is 144 cm³/mol. The third-order valence-corrected chi connectivity index (χ3v) is 6.30. The van der Waals surface area contributed by atoms with E-state index in [1.807, 2.05) is 113 Å². The van der Waals surface area contributed by atoms with E-state index in [1.165, 1.54) is 4.90 Å². The van der Waals surface area contributed by atoms with Gasteiger partial charge in [-0.05, 0) is 81.3 Å². The third-order valence-electron chi connectivity index (χ3n) is 6.30. The van der Waals surface area contributed by atoms with Crippen LogP contribution in [0.2, 0.25) is 0 Å². The number of carbonyl (C=O) groups excluding carboxylic acids is 2. The lowest BCUT2D eigenvalue weighted by atomic mass is 9.93. The third kappa shape index (κ3) is 4.71. The van der Waals surface area contributed by atoms with Crippen molar-refractivity contribution >= 4 is 28.8 Å². The molecule has 1 aliphatic heterocycles. The minimum absolute atomic E-state index is 0.0148. The highest BCUT2D eigenvalue weighted by molar-refractivity contribution is 6.51. The molecule has 36 heavy (non-hydrogen) atoms. The largest absolute Gasteiger partial charge is 0.507 e. The lowest BCUT2D eigenvalue weighted by molar-refractivity contribution is -0.132. The van der Waals surface area contributed by atoms with Gasteiger partial charge >= 0.3 is 0 Å². The fraction of sp³-hybridized carbons (Fsp3) is 0.267. The Morgan fingerprint density at radius 1 is 0.944 bits per heavy atom. The molecular formula is C30H32N2O4. The molecule has 0 saturated carbocycles. The van der Waals surface area contributed by atoms with E-state index < -0.39 is 17.7 Å². The summed E-state index contributed by atoms with van der Waals surface area (Å²) in [7, 11) is 3.87. The van der Waals surface area contributed by atoms with E-state index in [1.54, 1.807) is 0 Å². The second kappa shape index (κ2) is 9.90. The molecular weight excluding hydrogens is 452 g/mol. The molecule has 1 amide bonds. The van der Waals surface area contributed by atoms with Crippen molar-refractivity contribution in [1.29, 1.82) is 0 Å². The zero-order valence-electron chi connectivity index (χ0n) is 21.6. The van der Waals surface area contributed by atoms with Crippen LogP contribution < -0.4 is 14.5 Å². The van der Waals surface area contributed by atoms with Gasteiger partial charge < -0.3 is 14.7 Å². The van der Waals surface area contributed by atoms with Crippen LogP contribution in [0.25, 0.3) is 5.76 Å². The monoisotopic (exact) mass is 484 g/mol. The highest BCUT2D eigenvalue weighted by Gasteiger charge is 2.47. The molecule has 6 heteroatoms. The number of anilines is 2. The van der Waals surface area contributed by atoms with E-state index in [-0.39, 0.29) is 17.4 Å². The Bertz CT molecular complexity index is 1320. The number of carbonyl (C=O) groups is 2. The second-order valence-electron chi connectivity index (χ2n) is 9.63. The number of hydrogen-bond donors (Lipinski definition) is 1. The Balaban J connectivity index is 1.90. The summed E-state index contributed by atoms with van der Waals surface area (Å²) in [5.74, 6) is -0.866. The van der Waals surface area contributed by atoms with Gasteiger partial charge in [-0.25, -0.2) is 0 Å². The van der Waals surface area contributed by atoms with Crippen LogP contribution in [0.15, 0.2) is 72.3 Å². The van der Waals surface area contributed by atoms with Gasteiger partial charge in [-0.3, -0.25) is 14.5 Å². The van der Waals surface area contributed by atoms with Crippen molar-refractivity contribution in [3.05, 3.63) is 94.6 Å². The number of aryl methyl sites for hydroxylation is 2. The number of ketones is 1. The predicted octanol–water partition coefficient (Wildman–Crippen LogP) is 5.78. The Kier molecular flexibility index (Phi) is 6.88. The topological polar surface area (TPSA) is 70.1 Å². The molecule has 0 aromatic heterocycles. The van der Waals surface area contributed by atoms with Crippen molar-refractivity contribution in [2.45, 2.75) is 39.8 Å². The molecule has 186 valence electrons. The maximum atomic E-state index is 13.4. The zero-order chi connectivity index (χ0) is 26.1. The minimum Gasteiger partial charge on any atom is -0.507 e. The molecule has 3 aromatic carbocycles. The molecule has 1 aliphatic rings. The first-order chi connectivity index (χ1) is 17.1. The first-order valence-electron chi connectivity index (χ1n) is 12.0. The fourth-order valence-electron chi connectivity index (χ4n) is 4.46. The van der Waals surface area contributed by atoms with E-state index in [9.17, 15) is 14.7 Å². The molecule has 1 atom stereocenters. The number of aliphatic hydroxyl groups excluding tert-OH is 1. The van der Waals surface area contributed by atoms with Crippen molar-refractivity contribution in [3.63, 3.8) is 0 Å². The van der Waals surface area contributed by atoms with Crippen LogP contribution in [-0.2, 0) is 9.59 Å². The highest BCUT2D eigenvalue weighted by Crippen LogP contribution is 2.43. The van der Waals surface area contributed by atoms with Gasteiger partial charge in [-0.15, -0.1) is 0 Å². The molecule has 1 fully saturated rings. The van der Waals surface area contributed by atoms with Gasteiger partial charge in [0, 0.05) is 31.0 Å². The van der Waals surface area contributed by atoms with Gasteiger partial charge in [-0.1, -0.05) is 29.8 Å². The average Bonchev–Trinajstić information content (AvgIpc) is 3.10. The van der Waals surface area contributed by atoms with E-state index in [2.05, 4.69) is 0 Å². The van der Waals surface area contributed by atoms with Gasteiger partial charge in [0.05, 0.1) is 17.7 Å². The molecule has 4 rings (SSSR count). The number of amides is 1. The summed E-state index contributed by atoms with van der Waals surface area (Å²) >= 11 is 0. The summed E-state index contributed by atoms with van der Waals surface area (Å²) in [6, 6.07) is 19.6. The Morgan fingerprint density at radius 3 is 2.17 bits per heavy atom. The molecule has 1 N–H and O–H groups in total. The first-order valence-corrected chi connectivity index (χ1v) is 12.0. The van der Waals surface area contributed by atoms with Crippen LogP contribution in [0.3, 0.4) is 0 Å². The van der Waals surface area contributed by atoms with Gasteiger partial charge in [0.1, 0.15) is 11.5 Å². The molecule has 0 aliphatic carbocycles. The normalized spacial score (nSPS) is 17.1. The molecule has 0 spiro atoms. The Hall–Kier alpha value is -4.06. The van der Waals surface area contributed by atoms with Crippen molar-refractivity contribution in [2.24, 2.45) is 0 Å². The molecule has 0 radical (unpaired) electrons. The number of Topliss-reactive ketones (excluding diaryl/α,β-unsaturated/α-hetero) is 1. The van der Waals surface area contributed by atoms with Crippen molar-refractivity contribution in [2.75, 3.05) is 23.9 Å². The number of ether oxygens (including phenoxy) is 1. The quantitative estimate of drug-likeness (QED) is 0.273. The van der Waals surface area contributed by atoms with Gasteiger partial charge in [0.15, 0.2) is 0 Å². The number of benzene rings is 3. The van der Waals surface area contributed by atoms with Crippen LogP contribution in [0.4, 0.5) is 11.4 Å². The van der Waals surface area contributed by atoms with Crippen LogP contribution in [0.1, 0.15) is 42.1 Å². The van der Waals surface area contributed by atoms with E-state index in [0.717, 1.165) is 16.8 Å². The maximum absolute atomic E-state index is 13.4. The van der Waals surface area contributed by atoms with Crippen LogP contribution >= 0.6 is 0 Å². The van der Waals surface area contributed by atoms with Crippen molar-refractivity contribution < 1.29 is 19.4 Å². The smallest absolute Gasteiger partial charge is 0.300 e. The summed E-state index contributed by atoms with van der Waals surface area (Å²) in [6.45, 7) is 7.69. The molecule has 0 bridgehead atoms. The maximum Gasteiger partial charge on any atom is 0.300 e. The first kappa shape index (κ1) is 25.0. The Labute approximate surface area is 212 Å². The summed E-state index contributed by atoms with van der Waals surface area (Å²) in [5, 5.41) is 11.4. The molecule has 6 nitrogen and oxygen atoms in total. The molecule has 1 saturated heterocycles. The summed E-state index contributed by atoms with van der Waals surface area (Å²) in [5.41, 5.74) is 4.63. The fourth-order valence-corrected chi connectivity index (χ4v) is 4.46. The lowest BCUT2D eigenvalue weighted by Crippen LogP contribution is -2.29. The number of hydrogen-bond acceptors (Lipinski definition) is 5. The summed E-state index contributed by atoms with van der Waals surface area (Å²) in [4.78, 5) is 30.3. The van der Waals surface area contributed by atoms with Crippen LogP contribution in [0.5, 0.6) is 5.75 Å². The van der Waals surface area contributed by atoms with Crippen LogP contribution in [0, 0.1) is 13.8 Å². The van der Waals surface area contributed by atoms with Gasteiger partial charge in [0.25, 0.3) is 11.7 Å². The van der Waals surface area contributed by atoms with Gasteiger partial charge in [0.2, 0.25) is 0 Å². The SMILES string of the molecule is Cc1ccc(C)c(/C(O)=C2\C(=O)C(=O)N(c3ccc(N(C)C)cc3)C2c2ccc(OC(C)C)cc2)c1. The summed E-state index contributed by atoms with van der Waals surface area (Å²) < 4.78 is 5.78. The van der Waals surface area contributed by atoms with E-state index in [4.69, 9.17) is 4.74 Å². The molecule has 3 aromatic rings. The minimum atomic E-state index is -0.789. The highest BCUT2D eigenvalue weighted by atomic mass is 16.5. The summed E-state index contributed by atoms with van der Waals surface area (Å²) in [6.07, 6.45) is 0.0148. The van der Waals surface area contributed by atoms with Crippen molar-refractivity contribution in [1.82, 2.24) is 0 Å². The Morgan fingerprint density at radius 2 is 1.58 bits per heavy atom. The average molecular weight is 485 g/mol. The standard InChI is InChI=1S/C30H32N2O4/c1-18(2)36-24-15-9-21(10-16-24)27-26(28(33)25-17-19(3)7-8-20(25)4)29(34)30(35)32(27)23-13-11-22(12-14-23)31(5)6/h7-18,27,33H,1-6H3/b28-26+. The van der Waals surface area contributed by atoms with E-state index >= 15 is 0 Å². The lowest BCUT2D eigenvalue weighted by Gasteiger charge is -2.26. The molecule has 1 heterocycles. The van der Waals surface area contributed by atoms with E-state index in [0.29, 0.717) is 22.6 Å². The van der Waals surface area contributed by atoms with Gasteiger partial charge in [-0.2, -0.15) is 0 Å². The van der Waals surface area contributed by atoms with Crippen LogP contribution in [-0.4, -0.2) is 37.0 Å². The number of rotatable bonds is 6. The second-order valence-corrected chi connectivity index (χ2v) is 9.63. The zero-order valence-corrected chi connectivity index (χ0v) is 21.6.